The monoisotopic (exact) mass is 463 g/mol. The van der Waals surface area contributed by atoms with Gasteiger partial charge in [0.05, 0.1) is 4.90 Å². The number of nitrogens with one attached hydrogen (secondary N) is 1. The topological polar surface area (TPSA) is 73.5 Å². The summed E-state index contributed by atoms with van der Waals surface area (Å²) in [5.41, 5.74) is 1.56. The quantitative estimate of drug-likeness (QED) is 0.709. The molecule has 2 aliphatic rings. The zero-order valence-electron chi connectivity index (χ0n) is 17.9. The lowest BCUT2D eigenvalue weighted by Crippen LogP contribution is -2.46. The van der Waals surface area contributed by atoms with Crippen LogP contribution in [0.15, 0.2) is 46.1 Å². The van der Waals surface area contributed by atoms with Gasteiger partial charge in [-0.3, -0.25) is 4.79 Å². The molecule has 0 radical (unpaired) electrons. The molecule has 6 nitrogen and oxygen atoms in total. The van der Waals surface area contributed by atoms with Gasteiger partial charge in [-0.15, -0.1) is 0 Å². The standard InChI is InChI=1S/C23H30ClN3O3S/c1-26-12-14-27(15-13-26)31(29,30)19-8-6-18(7-9-19)20(16-17-4-2-3-5-17)22-11-10-21(24)23(28)25-22/h6-11,17,20H,2-5,12-16H2,1H3,(H,25,28). The van der Waals surface area contributed by atoms with Gasteiger partial charge >= 0.3 is 0 Å². The van der Waals surface area contributed by atoms with Gasteiger partial charge in [-0.25, -0.2) is 8.42 Å². The number of aromatic amines is 1. The Balaban J connectivity index is 1.61. The van der Waals surface area contributed by atoms with E-state index in [1.54, 1.807) is 22.5 Å². The summed E-state index contributed by atoms with van der Waals surface area (Å²) in [7, 11) is -1.49. The van der Waals surface area contributed by atoms with E-state index in [-0.39, 0.29) is 16.5 Å². The fraction of sp³-hybridized carbons (Fsp3) is 0.522. The van der Waals surface area contributed by atoms with Crippen LogP contribution in [0, 0.1) is 5.92 Å². The number of benzene rings is 1. The molecule has 31 heavy (non-hydrogen) atoms. The second-order valence-corrected chi connectivity index (χ2v) is 11.2. The van der Waals surface area contributed by atoms with Crippen LogP contribution >= 0.6 is 11.6 Å². The molecule has 1 aliphatic heterocycles. The molecule has 2 aromatic rings. The van der Waals surface area contributed by atoms with Crippen LogP contribution in [0.25, 0.3) is 0 Å². The van der Waals surface area contributed by atoms with Crippen molar-refractivity contribution in [2.24, 2.45) is 5.92 Å². The van der Waals surface area contributed by atoms with Gasteiger partial charge in [-0.05, 0) is 49.2 Å². The molecule has 1 saturated carbocycles. The summed E-state index contributed by atoms with van der Waals surface area (Å²) in [4.78, 5) is 17.5. The van der Waals surface area contributed by atoms with Crippen LogP contribution in [0.4, 0.5) is 0 Å². The smallest absolute Gasteiger partial charge is 0.266 e. The first kappa shape index (κ1) is 22.5. The highest BCUT2D eigenvalue weighted by atomic mass is 35.5. The zero-order chi connectivity index (χ0) is 22.0. The molecule has 1 aliphatic carbocycles. The van der Waals surface area contributed by atoms with Gasteiger partial charge in [-0.1, -0.05) is 49.4 Å². The second kappa shape index (κ2) is 9.45. The van der Waals surface area contributed by atoms with E-state index in [9.17, 15) is 13.2 Å². The number of rotatable bonds is 6. The minimum absolute atomic E-state index is 0.00783. The molecule has 168 valence electrons. The Bertz CT molecular complexity index is 1050. The number of hydrogen-bond donors (Lipinski definition) is 1. The van der Waals surface area contributed by atoms with E-state index in [1.165, 1.54) is 25.7 Å². The third-order valence-electron chi connectivity index (χ3n) is 6.69. The summed E-state index contributed by atoms with van der Waals surface area (Å²) in [6.45, 7) is 2.50. The number of halogens is 1. The van der Waals surface area contributed by atoms with Crippen LogP contribution in [0.1, 0.15) is 49.3 Å². The highest BCUT2D eigenvalue weighted by molar-refractivity contribution is 7.89. The molecule has 8 heteroatoms. The second-order valence-electron chi connectivity index (χ2n) is 8.81. The zero-order valence-corrected chi connectivity index (χ0v) is 19.5. The van der Waals surface area contributed by atoms with Gasteiger partial charge in [0.2, 0.25) is 10.0 Å². The van der Waals surface area contributed by atoms with Gasteiger partial charge in [0.25, 0.3) is 5.56 Å². The fourth-order valence-electron chi connectivity index (χ4n) is 4.75. The highest BCUT2D eigenvalue weighted by Gasteiger charge is 2.28. The molecule has 0 spiro atoms. The van der Waals surface area contributed by atoms with Crippen LogP contribution in [0.3, 0.4) is 0 Å². The molecule has 2 fully saturated rings. The van der Waals surface area contributed by atoms with E-state index in [0.29, 0.717) is 23.9 Å². The molecular weight excluding hydrogens is 434 g/mol. The number of aromatic nitrogens is 1. The summed E-state index contributed by atoms with van der Waals surface area (Å²) in [6.07, 6.45) is 5.82. The molecule has 1 N–H and O–H groups in total. The lowest BCUT2D eigenvalue weighted by Gasteiger charge is -2.31. The van der Waals surface area contributed by atoms with E-state index in [0.717, 1.165) is 30.8 Å². The third-order valence-corrected chi connectivity index (χ3v) is 8.90. The fourth-order valence-corrected chi connectivity index (χ4v) is 6.28. The Hall–Kier alpha value is -1.67. The summed E-state index contributed by atoms with van der Waals surface area (Å²) < 4.78 is 27.7. The molecule has 1 atom stereocenters. The molecule has 0 amide bonds. The summed E-state index contributed by atoms with van der Waals surface area (Å²) in [5.74, 6) is 0.617. The van der Waals surface area contributed by atoms with Gasteiger partial charge in [-0.2, -0.15) is 4.31 Å². The highest BCUT2D eigenvalue weighted by Crippen LogP contribution is 2.37. The average Bonchev–Trinajstić information content (AvgIpc) is 3.28. The summed E-state index contributed by atoms with van der Waals surface area (Å²) in [5, 5.41) is 0.178. The van der Waals surface area contributed by atoms with Crippen LogP contribution in [0.2, 0.25) is 5.02 Å². The molecule has 0 bridgehead atoms. The van der Waals surface area contributed by atoms with Crippen molar-refractivity contribution < 1.29 is 8.42 Å². The SMILES string of the molecule is CN1CCN(S(=O)(=O)c2ccc(C(CC3CCCC3)c3ccc(Cl)c(=O)[nH]3)cc2)CC1. The van der Waals surface area contributed by atoms with Crippen LogP contribution < -0.4 is 5.56 Å². The van der Waals surface area contributed by atoms with Gasteiger partial charge < -0.3 is 9.88 Å². The van der Waals surface area contributed by atoms with Gasteiger partial charge in [0, 0.05) is 37.8 Å². The van der Waals surface area contributed by atoms with Gasteiger partial charge in [0.15, 0.2) is 0 Å². The van der Waals surface area contributed by atoms with Crippen LogP contribution in [-0.2, 0) is 10.0 Å². The van der Waals surface area contributed by atoms with Crippen LogP contribution in [-0.4, -0.2) is 55.8 Å². The van der Waals surface area contributed by atoms with Crippen molar-refractivity contribution >= 4 is 21.6 Å². The first-order valence-corrected chi connectivity index (χ1v) is 12.8. The maximum absolute atomic E-state index is 13.1. The van der Waals surface area contributed by atoms with Crippen molar-refractivity contribution in [2.75, 3.05) is 33.2 Å². The Morgan fingerprint density at radius 2 is 1.68 bits per heavy atom. The Morgan fingerprint density at radius 1 is 1.03 bits per heavy atom. The Morgan fingerprint density at radius 3 is 2.29 bits per heavy atom. The van der Waals surface area contributed by atoms with Crippen molar-refractivity contribution in [3.05, 3.63) is 63.0 Å². The van der Waals surface area contributed by atoms with E-state index in [2.05, 4.69) is 9.88 Å². The lowest BCUT2D eigenvalue weighted by molar-refractivity contribution is 0.222. The van der Waals surface area contributed by atoms with Crippen molar-refractivity contribution in [1.82, 2.24) is 14.2 Å². The van der Waals surface area contributed by atoms with Crippen molar-refractivity contribution in [2.45, 2.75) is 42.9 Å². The molecule has 2 heterocycles. The largest absolute Gasteiger partial charge is 0.324 e. The number of H-pyrrole nitrogens is 1. The van der Waals surface area contributed by atoms with E-state index in [1.807, 2.05) is 25.2 Å². The lowest BCUT2D eigenvalue weighted by atomic mass is 9.85. The minimum atomic E-state index is -3.50. The van der Waals surface area contributed by atoms with E-state index >= 15 is 0 Å². The maximum Gasteiger partial charge on any atom is 0.266 e. The average molecular weight is 464 g/mol. The number of pyridine rings is 1. The number of sulfonamides is 1. The first-order valence-electron chi connectivity index (χ1n) is 11.0. The van der Waals surface area contributed by atoms with Crippen molar-refractivity contribution in [1.29, 1.82) is 0 Å². The van der Waals surface area contributed by atoms with Gasteiger partial charge in [0.1, 0.15) is 5.02 Å². The van der Waals surface area contributed by atoms with Crippen LogP contribution in [0.5, 0.6) is 0 Å². The van der Waals surface area contributed by atoms with E-state index < -0.39 is 10.0 Å². The predicted molar refractivity (Wildman–Crippen MR) is 123 cm³/mol. The minimum Gasteiger partial charge on any atom is -0.324 e. The van der Waals surface area contributed by atoms with Crippen molar-refractivity contribution in [3.8, 4) is 0 Å². The normalized spacial score (nSPS) is 20.2. The third kappa shape index (κ3) is 5.06. The molecule has 1 unspecified atom stereocenters. The molecule has 1 aromatic heterocycles. The number of piperazine rings is 1. The number of nitrogens with zero attached hydrogens (tertiary/aromatic N) is 2. The Labute approximate surface area is 189 Å². The maximum atomic E-state index is 13.1. The molecule has 1 saturated heterocycles. The number of likely N-dealkylation sites (N-methyl/N-ethyl adjacent to an activating group) is 1. The molecule has 4 rings (SSSR count). The first-order chi connectivity index (χ1) is 14.8. The Kier molecular flexibility index (Phi) is 6.86. The number of hydrogen-bond acceptors (Lipinski definition) is 4. The summed E-state index contributed by atoms with van der Waals surface area (Å²) >= 11 is 5.94. The van der Waals surface area contributed by atoms with E-state index in [4.69, 9.17) is 11.6 Å². The predicted octanol–water partition coefficient (Wildman–Crippen LogP) is 3.68. The van der Waals surface area contributed by atoms with Crippen molar-refractivity contribution in [3.63, 3.8) is 0 Å². The molecular formula is C23H30ClN3O3S. The molecule has 1 aromatic carbocycles. The summed E-state index contributed by atoms with van der Waals surface area (Å²) in [6, 6.07) is 10.7.